The number of hydrogen-bond acceptors (Lipinski definition) is 2. The molecule has 0 bridgehead atoms. The summed E-state index contributed by atoms with van der Waals surface area (Å²) in [6.07, 6.45) is 3.22. The fraction of sp³-hybridized carbons (Fsp3) is 0.364. The predicted octanol–water partition coefficient (Wildman–Crippen LogP) is 3.86. The van der Waals surface area contributed by atoms with E-state index in [4.69, 9.17) is 0 Å². The molecule has 1 saturated heterocycles. The lowest BCUT2D eigenvalue weighted by Crippen LogP contribution is -2.41. The highest BCUT2D eigenvalue weighted by atomic mass is 127. The molecule has 2 aromatic carbocycles. The number of aromatic amines is 1. The van der Waals surface area contributed by atoms with Gasteiger partial charge in [-0.25, -0.2) is 4.98 Å². The molecule has 148 valence electrons. The molecule has 28 heavy (non-hydrogen) atoms. The molecule has 6 heteroatoms. The zero-order valence-corrected chi connectivity index (χ0v) is 18.6. The van der Waals surface area contributed by atoms with E-state index < -0.39 is 0 Å². The number of nitrogens with one attached hydrogen (secondary N) is 2. The van der Waals surface area contributed by atoms with Crippen molar-refractivity contribution in [3.63, 3.8) is 0 Å². The molecule has 1 unspecified atom stereocenters. The second kappa shape index (κ2) is 9.91. The van der Waals surface area contributed by atoms with Crippen LogP contribution in [0.15, 0.2) is 59.6 Å². The van der Waals surface area contributed by atoms with Gasteiger partial charge >= 0.3 is 0 Å². The normalized spacial score (nSPS) is 17.0. The molecular weight excluding hydrogens is 461 g/mol. The van der Waals surface area contributed by atoms with Crippen LogP contribution < -0.4 is 5.32 Å². The molecule has 0 radical (unpaired) electrons. The Bertz CT molecular complexity index is 872. The van der Waals surface area contributed by atoms with Crippen molar-refractivity contribution in [3.8, 4) is 0 Å². The molecule has 3 aromatic rings. The highest BCUT2D eigenvalue weighted by Crippen LogP contribution is 2.20. The summed E-state index contributed by atoms with van der Waals surface area (Å²) >= 11 is 0. The fourth-order valence-corrected chi connectivity index (χ4v) is 3.89. The van der Waals surface area contributed by atoms with E-state index in [-0.39, 0.29) is 24.0 Å². The van der Waals surface area contributed by atoms with E-state index in [1.165, 1.54) is 12.0 Å². The quantitative estimate of drug-likeness (QED) is 0.325. The highest BCUT2D eigenvalue weighted by Gasteiger charge is 2.24. The summed E-state index contributed by atoms with van der Waals surface area (Å²) in [5.41, 5.74) is 3.55. The minimum Gasteiger partial charge on any atom is -0.356 e. The van der Waals surface area contributed by atoms with Gasteiger partial charge in [-0.05, 0) is 36.5 Å². The van der Waals surface area contributed by atoms with E-state index in [0.29, 0.717) is 5.92 Å². The monoisotopic (exact) mass is 489 g/mol. The van der Waals surface area contributed by atoms with E-state index >= 15 is 0 Å². The van der Waals surface area contributed by atoms with Gasteiger partial charge in [0.05, 0.1) is 11.0 Å². The lowest BCUT2D eigenvalue weighted by Gasteiger charge is -2.21. The summed E-state index contributed by atoms with van der Waals surface area (Å²) < 4.78 is 0. The van der Waals surface area contributed by atoms with Crippen LogP contribution in [0.1, 0.15) is 17.8 Å². The van der Waals surface area contributed by atoms with Gasteiger partial charge in [0.2, 0.25) is 0 Å². The summed E-state index contributed by atoms with van der Waals surface area (Å²) in [7, 11) is 1.87. The summed E-state index contributed by atoms with van der Waals surface area (Å²) in [6, 6.07) is 18.9. The zero-order valence-electron chi connectivity index (χ0n) is 16.3. The molecule has 1 aliphatic rings. The molecule has 0 aliphatic carbocycles. The maximum absolute atomic E-state index is 4.64. The van der Waals surface area contributed by atoms with Crippen molar-refractivity contribution >= 4 is 41.0 Å². The fourth-order valence-electron chi connectivity index (χ4n) is 3.89. The Morgan fingerprint density at radius 2 is 1.96 bits per heavy atom. The van der Waals surface area contributed by atoms with Crippen LogP contribution in [0.5, 0.6) is 0 Å². The molecule has 1 aliphatic heterocycles. The predicted molar refractivity (Wildman–Crippen MR) is 126 cm³/mol. The van der Waals surface area contributed by atoms with Crippen LogP contribution in [0.25, 0.3) is 11.0 Å². The second-order valence-corrected chi connectivity index (χ2v) is 7.22. The first-order valence-corrected chi connectivity index (χ1v) is 9.75. The number of guanidine groups is 1. The third-order valence-corrected chi connectivity index (χ3v) is 5.25. The van der Waals surface area contributed by atoms with Gasteiger partial charge in [0, 0.05) is 33.1 Å². The first-order chi connectivity index (χ1) is 13.3. The molecule has 0 amide bonds. The zero-order chi connectivity index (χ0) is 18.5. The number of benzene rings is 2. The van der Waals surface area contributed by atoms with E-state index in [1.54, 1.807) is 0 Å². The Morgan fingerprint density at radius 3 is 2.75 bits per heavy atom. The van der Waals surface area contributed by atoms with Gasteiger partial charge in [-0.3, -0.25) is 4.99 Å². The van der Waals surface area contributed by atoms with Gasteiger partial charge in [-0.15, -0.1) is 24.0 Å². The topological polar surface area (TPSA) is 56.3 Å². The molecule has 0 spiro atoms. The summed E-state index contributed by atoms with van der Waals surface area (Å²) in [6.45, 7) is 2.97. The third-order valence-electron chi connectivity index (χ3n) is 5.25. The lowest BCUT2D eigenvalue weighted by atomic mass is 9.99. The van der Waals surface area contributed by atoms with Crippen molar-refractivity contribution in [2.24, 2.45) is 10.9 Å². The van der Waals surface area contributed by atoms with Crippen molar-refractivity contribution in [3.05, 3.63) is 66.0 Å². The first-order valence-electron chi connectivity index (χ1n) is 9.75. The van der Waals surface area contributed by atoms with Crippen LogP contribution in [0.2, 0.25) is 0 Å². The van der Waals surface area contributed by atoms with Crippen LogP contribution in [-0.4, -0.2) is 47.5 Å². The minimum atomic E-state index is 0. The number of H-pyrrole nitrogens is 1. The molecule has 4 rings (SSSR count). The summed E-state index contributed by atoms with van der Waals surface area (Å²) in [5.74, 6) is 2.71. The van der Waals surface area contributed by atoms with E-state index in [0.717, 1.165) is 55.3 Å². The van der Waals surface area contributed by atoms with Gasteiger partial charge < -0.3 is 15.2 Å². The SMILES string of the molecule is CN=C(NCCc1nc2ccccc2[nH]1)N1CCC(Cc2ccccc2)C1.I. The summed E-state index contributed by atoms with van der Waals surface area (Å²) in [5, 5.41) is 3.50. The number of aromatic nitrogens is 2. The van der Waals surface area contributed by atoms with Gasteiger partial charge in [-0.2, -0.15) is 0 Å². The number of hydrogen-bond donors (Lipinski definition) is 2. The first kappa shape index (κ1) is 20.6. The van der Waals surface area contributed by atoms with Crippen LogP contribution >= 0.6 is 24.0 Å². The molecule has 1 aromatic heterocycles. The van der Waals surface area contributed by atoms with Crippen molar-refractivity contribution < 1.29 is 0 Å². The number of nitrogens with zero attached hydrogens (tertiary/aromatic N) is 3. The van der Waals surface area contributed by atoms with Gasteiger partial charge in [0.1, 0.15) is 5.82 Å². The third kappa shape index (κ3) is 5.04. The van der Waals surface area contributed by atoms with Gasteiger partial charge in [0.15, 0.2) is 5.96 Å². The largest absolute Gasteiger partial charge is 0.356 e. The molecule has 2 N–H and O–H groups in total. The average molecular weight is 489 g/mol. The maximum Gasteiger partial charge on any atom is 0.193 e. The molecular formula is C22H28IN5. The molecule has 0 saturated carbocycles. The number of para-hydroxylation sites is 2. The number of fused-ring (bicyclic) bond motifs is 1. The number of halogens is 1. The average Bonchev–Trinajstić information content (AvgIpc) is 3.32. The molecule has 1 atom stereocenters. The van der Waals surface area contributed by atoms with E-state index in [2.05, 4.69) is 61.6 Å². The molecule has 5 nitrogen and oxygen atoms in total. The van der Waals surface area contributed by atoms with Crippen LogP contribution in [0.3, 0.4) is 0 Å². The number of rotatable bonds is 5. The van der Waals surface area contributed by atoms with Crippen molar-refractivity contribution in [2.45, 2.75) is 19.3 Å². The highest BCUT2D eigenvalue weighted by molar-refractivity contribution is 14.0. The number of likely N-dealkylation sites (tertiary alicyclic amines) is 1. The maximum atomic E-state index is 4.64. The van der Waals surface area contributed by atoms with E-state index in [1.807, 2.05) is 25.2 Å². The molecule has 1 fully saturated rings. The van der Waals surface area contributed by atoms with Crippen LogP contribution in [0.4, 0.5) is 0 Å². The van der Waals surface area contributed by atoms with Crippen LogP contribution in [0, 0.1) is 5.92 Å². The number of imidazole rings is 1. The van der Waals surface area contributed by atoms with Crippen molar-refractivity contribution in [2.75, 3.05) is 26.7 Å². The standard InChI is InChI=1S/C22H27N5.HI/c1-23-22(24-13-11-21-25-19-9-5-6-10-20(19)26-21)27-14-12-18(16-27)15-17-7-3-2-4-8-17;/h2-10,18H,11-16H2,1H3,(H,23,24)(H,25,26);1H. The molecule has 2 heterocycles. The van der Waals surface area contributed by atoms with Crippen molar-refractivity contribution in [1.29, 1.82) is 0 Å². The Labute approximate surface area is 183 Å². The second-order valence-electron chi connectivity index (χ2n) is 7.22. The summed E-state index contributed by atoms with van der Waals surface area (Å²) in [4.78, 5) is 14.9. The van der Waals surface area contributed by atoms with E-state index in [9.17, 15) is 0 Å². The van der Waals surface area contributed by atoms with Gasteiger partial charge in [-0.1, -0.05) is 42.5 Å². The smallest absolute Gasteiger partial charge is 0.193 e. The van der Waals surface area contributed by atoms with Crippen LogP contribution in [-0.2, 0) is 12.8 Å². The Kier molecular flexibility index (Phi) is 7.30. The Balaban J connectivity index is 0.00000225. The Hall–Kier alpha value is -2.09. The Morgan fingerprint density at radius 1 is 1.18 bits per heavy atom. The lowest BCUT2D eigenvalue weighted by molar-refractivity contribution is 0.460. The van der Waals surface area contributed by atoms with Gasteiger partial charge in [0.25, 0.3) is 0 Å². The minimum absolute atomic E-state index is 0. The van der Waals surface area contributed by atoms with Crippen molar-refractivity contribution in [1.82, 2.24) is 20.2 Å². The number of aliphatic imine (C=N–C) groups is 1.